The molecule has 0 aromatic heterocycles. The third-order valence-electron chi connectivity index (χ3n) is 0. The van der Waals surface area contributed by atoms with E-state index in [1.54, 1.807) is 0 Å². The molecule has 32 valence electrons. The van der Waals surface area contributed by atoms with E-state index in [2.05, 4.69) is 0 Å². The molecule has 0 radical (unpaired) electrons. The van der Waals surface area contributed by atoms with E-state index in [1.807, 2.05) is 0 Å². The Bertz CT molecular complexity index is 61.1. The van der Waals surface area contributed by atoms with Crippen LogP contribution in [0.4, 0.5) is 4.20 Å². The molecule has 0 spiro atoms. The van der Waals surface area contributed by atoms with Crippen LogP contribution in [0.5, 0.6) is 0 Å². The molecule has 2 N–H and O–H groups in total. The first-order chi connectivity index (χ1) is 2.00. The van der Waals surface area contributed by atoms with Gasteiger partial charge in [-0.2, -0.15) is 0 Å². The molecule has 0 amide bonds. The number of halogens is 1. The Kier molecular flexibility index (Phi) is 11.7. The summed E-state index contributed by atoms with van der Waals surface area (Å²) < 4.78 is 19.0. The van der Waals surface area contributed by atoms with E-state index in [4.69, 9.17) is 14.4 Å². The van der Waals surface area contributed by atoms with Gasteiger partial charge in [0, 0.05) is 0 Å². The Morgan fingerprint density at radius 1 is 1.43 bits per heavy atom. The zero-order valence-electron chi connectivity index (χ0n) is 3.63. The smallest absolute Gasteiger partial charge is 0.299 e. The van der Waals surface area contributed by atoms with Crippen molar-refractivity contribution < 1.29 is 48.1 Å². The zero-order valence-corrected chi connectivity index (χ0v) is 6.52. The number of rotatable bonds is 0. The summed E-state index contributed by atoms with van der Waals surface area (Å²) in [6.45, 7) is 0. The van der Waals surface area contributed by atoms with E-state index in [9.17, 15) is 4.20 Å². The summed E-state index contributed by atoms with van der Waals surface area (Å²) >= 11 is 0. The maximum absolute atomic E-state index is 10.4. The average molecular weight is 135 g/mol. The molecule has 0 heterocycles. The Morgan fingerprint density at radius 3 is 1.43 bits per heavy atom. The number of hydrogen-bond acceptors (Lipinski definition) is 1. The average Bonchev–Trinajstić information content (AvgIpc) is 0.722. The molecular weight excluding hydrogens is 133 g/mol. The van der Waals surface area contributed by atoms with Crippen LogP contribution >= 0.6 is 7.91 Å². The molecule has 0 aliphatic rings. The molecule has 6 heteroatoms. The monoisotopic (exact) mass is 135 g/mol. The van der Waals surface area contributed by atoms with Crippen molar-refractivity contribution in [1.82, 2.24) is 0 Å². The molecule has 0 aliphatic carbocycles. The molecule has 0 bridgehead atoms. The molecule has 0 aliphatic heterocycles. The summed E-state index contributed by atoms with van der Waals surface area (Å²) in [5.41, 5.74) is 0. The molecule has 0 aromatic rings. The van der Waals surface area contributed by atoms with Crippen LogP contribution in [0, 0.1) is 7.43 Å². The maximum atomic E-state index is 10.4. The first-order valence-corrected chi connectivity index (χ1v) is 2.25. The van der Waals surface area contributed by atoms with E-state index in [0.717, 1.165) is 0 Å². The summed E-state index contributed by atoms with van der Waals surface area (Å²) in [5.74, 6) is 0. The summed E-state index contributed by atoms with van der Waals surface area (Å²) in [6, 6.07) is 0. The summed E-state index contributed by atoms with van der Waals surface area (Å²) in [5, 5.41) is 0. The molecule has 3 nitrogen and oxygen atoms in total. The molecule has 0 rings (SSSR count). The SMILES string of the molecule is O=P(O)(O)F.[C+4].[Na+]. The summed E-state index contributed by atoms with van der Waals surface area (Å²) in [7, 11) is -5.14. The Hall–Kier alpha value is 1.08. The van der Waals surface area contributed by atoms with Gasteiger partial charge in [0.2, 0.25) is 0 Å². The van der Waals surface area contributed by atoms with Crippen LogP contribution in [0.25, 0.3) is 0 Å². The van der Waals surface area contributed by atoms with E-state index in [-0.39, 0.29) is 37.0 Å². The molecule has 7 heavy (non-hydrogen) atoms. The minimum atomic E-state index is -5.14. The van der Waals surface area contributed by atoms with Crippen molar-refractivity contribution in [2.75, 3.05) is 0 Å². The van der Waals surface area contributed by atoms with Gasteiger partial charge in [0.25, 0.3) is 0 Å². The zero-order chi connectivity index (χ0) is 4.50. The van der Waals surface area contributed by atoms with E-state index in [1.165, 1.54) is 0 Å². The van der Waals surface area contributed by atoms with Crippen LogP contribution < -0.4 is 29.6 Å². The van der Waals surface area contributed by atoms with Crippen molar-refractivity contribution in [1.29, 1.82) is 0 Å². The van der Waals surface area contributed by atoms with Crippen molar-refractivity contribution in [3.63, 3.8) is 0 Å². The molecule has 0 unspecified atom stereocenters. The van der Waals surface area contributed by atoms with Gasteiger partial charge in [-0.3, -0.25) is 9.79 Å². The van der Waals surface area contributed by atoms with Gasteiger partial charge >= 0.3 is 44.9 Å². The van der Waals surface area contributed by atoms with Crippen molar-refractivity contribution in [3.05, 3.63) is 7.43 Å². The Balaban J connectivity index is -0.0000000800. The van der Waals surface area contributed by atoms with Gasteiger partial charge in [-0.1, -0.05) is 0 Å². The van der Waals surface area contributed by atoms with Crippen LogP contribution in [0.2, 0.25) is 0 Å². The van der Waals surface area contributed by atoms with Crippen molar-refractivity contribution >= 4 is 7.91 Å². The minimum absolute atomic E-state index is 0. The van der Waals surface area contributed by atoms with Crippen molar-refractivity contribution in [2.24, 2.45) is 0 Å². The molecule has 0 aromatic carbocycles. The molecule has 0 fully saturated rings. The summed E-state index contributed by atoms with van der Waals surface area (Å²) in [4.78, 5) is 13.9. The molecule has 0 atom stereocenters. The quantitative estimate of drug-likeness (QED) is 0.277. The Labute approximate surface area is 63.5 Å². The minimum Gasteiger partial charge on any atom is -0.299 e. The van der Waals surface area contributed by atoms with Gasteiger partial charge in [-0.25, -0.2) is 4.57 Å². The fourth-order valence-corrected chi connectivity index (χ4v) is 0. The predicted octanol–water partition coefficient (Wildman–Crippen LogP) is -2.87. The third-order valence-corrected chi connectivity index (χ3v) is 0. The fraction of sp³-hybridized carbons (Fsp3) is 0. The van der Waals surface area contributed by atoms with Crippen LogP contribution in [0.3, 0.4) is 0 Å². The largest absolute Gasteiger partial charge is 4.00 e. The Morgan fingerprint density at radius 2 is 1.43 bits per heavy atom. The number of hydrogen-bond donors (Lipinski definition) is 2. The van der Waals surface area contributed by atoms with Gasteiger partial charge in [0.1, 0.15) is 0 Å². The molecule has 0 saturated heterocycles. The van der Waals surface area contributed by atoms with Gasteiger partial charge in [-0.05, 0) is 0 Å². The third kappa shape index (κ3) is 157. The molecular formula is CH2FNaO3P+5. The van der Waals surface area contributed by atoms with Crippen LogP contribution in [0.1, 0.15) is 0 Å². The second kappa shape index (κ2) is 5.22. The van der Waals surface area contributed by atoms with Crippen molar-refractivity contribution in [2.45, 2.75) is 0 Å². The summed E-state index contributed by atoms with van der Waals surface area (Å²) in [6.07, 6.45) is 0. The fourth-order valence-electron chi connectivity index (χ4n) is 0. The van der Waals surface area contributed by atoms with E-state index < -0.39 is 7.91 Å². The van der Waals surface area contributed by atoms with Crippen molar-refractivity contribution in [3.8, 4) is 0 Å². The van der Waals surface area contributed by atoms with Crippen LogP contribution in [-0.4, -0.2) is 9.79 Å². The van der Waals surface area contributed by atoms with Gasteiger partial charge in [-0.15, -0.1) is 4.20 Å². The van der Waals surface area contributed by atoms with Gasteiger partial charge in [0.15, 0.2) is 0 Å². The van der Waals surface area contributed by atoms with Crippen LogP contribution in [-0.2, 0) is 4.57 Å². The van der Waals surface area contributed by atoms with Gasteiger partial charge < -0.3 is 0 Å². The van der Waals surface area contributed by atoms with Gasteiger partial charge in [0.05, 0.1) is 0 Å². The normalized spacial score (nSPS) is 8.43. The van der Waals surface area contributed by atoms with E-state index in [0.29, 0.717) is 0 Å². The second-order valence-electron chi connectivity index (χ2n) is 0.473. The standard InChI is InChI=1S/C.FH2O3P.Na/c;1-5(2,3)4;/h;(H2,2,3,4);/q+4;;+1. The van der Waals surface area contributed by atoms with E-state index >= 15 is 0 Å². The topological polar surface area (TPSA) is 57.5 Å². The maximum Gasteiger partial charge on any atom is 4.00 e. The molecule has 0 saturated carbocycles. The van der Waals surface area contributed by atoms with Crippen LogP contribution in [0.15, 0.2) is 0 Å². The first-order valence-electron chi connectivity index (χ1n) is 0.752. The first kappa shape index (κ1) is 15.7. The second-order valence-corrected chi connectivity index (χ2v) is 1.42. The predicted molar refractivity (Wildman–Crippen MR) is 16.4 cm³/mol.